The molecule has 0 saturated heterocycles. The molecule has 1 aromatic rings. The molecule has 1 aromatic heterocycles. The van der Waals surface area contributed by atoms with E-state index in [4.69, 9.17) is 14.2 Å². The van der Waals surface area contributed by atoms with E-state index in [1.807, 2.05) is 0 Å². The molecule has 10 heteroatoms. The van der Waals surface area contributed by atoms with E-state index in [1.54, 1.807) is 20.8 Å². The topological polar surface area (TPSA) is 111 Å². The summed E-state index contributed by atoms with van der Waals surface area (Å²) in [5.41, 5.74) is -0.881. The van der Waals surface area contributed by atoms with Crippen LogP contribution in [0.5, 0.6) is 11.8 Å². The lowest BCUT2D eigenvalue weighted by atomic mass is 10.2. The Bertz CT molecular complexity index is 562. The van der Waals surface area contributed by atoms with Crippen LogP contribution in [0.1, 0.15) is 20.8 Å². The van der Waals surface area contributed by atoms with Crippen LogP contribution < -0.4 is 14.4 Å². The first-order valence-corrected chi connectivity index (χ1v) is 6.81. The van der Waals surface area contributed by atoms with Crippen molar-refractivity contribution >= 4 is 34.1 Å². The van der Waals surface area contributed by atoms with Crippen LogP contribution in [0.3, 0.4) is 0 Å². The zero-order valence-corrected chi connectivity index (χ0v) is 14.3. The van der Waals surface area contributed by atoms with Crippen molar-refractivity contribution in [3.8, 4) is 11.8 Å². The van der Waals surface area contributed by atoms with E-state index >= 15 is 0 Å². The van der Waals surface area contributed by atoms with Gasteiger partial charge in [0.1, 0.15) is 10.1 Å². The van der Waals surface area contributed by atoms with Gasteiger partial charge in [0.2, 0.25) is 11.8 Å². The van der Waals surface area contributed by atoms with Gasteiger partial charge in [-0.2, -0.15) is 9.97 Å². The van der Waals surface area contributed by atoms with Crippen LogP contribution in [0.25, 0.3) is 0 Å². The smallest absolute Gasteiger partial charge is 0.427 e. The van der Waals surface area contributed by atoms with Crippen molar-refractivity contribution in [1.82, 2.24) is 9.97 Å². The highest BCUT2D eigenvalue weighted by molar-refractivity contribution is 9.10. The van der Waals surface area contributed by atoms with E-state index in [0.29, 0.717) is 0 Å². The highest BCUT2D eigenvalue weighted by Gasteiger charge is 2.32. The van der Waals surface area contributed by atoms with Crippen LogP contribution in [0.15, 0.2) is 4.47 Å². The molecule has 22 heavy (non-hydrogen) atoms. The molecule has 1 rings (SSSR count). The third-order valence-corrected chi connectivity index (χ3v) is 2.81. The predicted molar refractivity (Wildman–Crippen MR) is 79.6 cm³/mol. The van der Waals surface area contributed by atoms with Crippen molar-refractivity contribution in [3.05, 3.63) is 4.47 Å². The second-order valence-corrected chi connectivity index (χ2v) is 5.75. The van der Waals surface area contributed by atoms with E-state index in [9.17, 15) is 14.7 Å². The molecule has 0 aliphatic rings. The first-order valence-electron chi connectivity index (χ1n) is 6.02. The fraction of sp³-hybridized carbons (Fsp3) is 0.500. The Morgan fingerprint density at radius 1 is 1.14 bits per heavy atom. The van der Waals surface area contributed by atoms with Crippen molar-refractivity contribution in [3.63, 3.8) is 0 Å². The summed E-state index contributed by atoms with van der Waals surface area (Å²) in [6.07, 6.45) is -2.73. The maximum absolute atomic E-state index is 12.0. The number of hydrogen-bond acceptors (Lipinski definition) is 7. The molecule has 0 aliphatic carbocycles. The molecule has 1 heterocycles. The SMILES string of the molecule is COc1nc(N(C(=O)O)C(=O)OC(C)(C)C)nc(OC)c1Br. The summed E-state index contributed by atoms with van der Waals surface area (Å²) in [5.74, 6) is -0.424. The van der Waals surface area contributed by atoms with Gasteiger partial charge in [-0.05, 0) is 36.7 Å². The number of amides is 2. The monoisotopic (exact) mass is 377 g/mol. The second kappa shape index (κ2) is 6.77. The molecule has 0 fully saturated rings. The molecule has 2 amide bonds. The molecule has 9 nitrogen and oxygen atoms in total. The van der Waals surface area contributed by atoms with E-state index in [2.05, 4.69) is 25.9 Å². The van der Waals surface area contributed by atoms with Gasteiger partial charge < -0.3 is 19.3 Å². The number of hydrogen-bond donors (Lipinski definition) is 1. The van der Waals surface area contributed by atoms with Crippen molar-refractivity contribution in [2.45, 2.75) is 26.4 Å². The molecule has 122 valence electrons. The van der Waals surface area contributed by atoms with Gasteiger partial charge in [0.15, 0.2) is 0 Å². The molecule has 1 N–H and O–H groups in total. The molecule has 0 aliphatic heterocycles. The zero-order valence-electron chi connectivity index (χ0n) is 12.7. The normalized spacial score (nSPS) is 10.8. The highest BCUT2D eigenvalue weighted by Crippen LogP contribution is 2.33. The molecule has 0 aromatic carbocycles. The molecule has 0 radical (unpaired) electrons. The number of ether oxygens (including phenoxy) is 3. The molecular weight excluding hydrogens is 362 g/mol. The molecule has 0 bridgehead atoms. The second-order valence-electron chi connectivity index (χ2n) is 4.95. The first-order chi connectivity index (χ1) is 10.1. The summed E-state index contributed by atoms with van der Waals surface area (Å²) >= 11 is 3.15. The summed E-state index contributed by atoms with van der Waals surface area (Å²) < 4.78 is 15.3. The van der Waals surface area contributed by atoms with Crippen LogP contribution in [-0.2, 0) is 4.74 Å². The quantitative estimate of drug-likeness (QED) is 0.855. The third-order valence-electron chi connectivity index (χ3n) is 2.13. The molecule has 0 atom stereocenters. The fourth-order valence-corrected chi connectivity index (χ4v) is 1.82. The van der Waals surface area contributed by atoms with Gasteiger partial charge in [-0.15, -0.1) is 4.90 Å². The number of carbonyl (C=O) groups excluding carboxylic acids is 1. The van der Waals surface area contributed by atoms with Crippen LogP contribution in [0.2, 0.25) is 0 Å². The fourth-order valence-electron chi connectivity index (χ4n) is 1.32. The van der Waals surface area contributed by atoms with Gasteiger partial charge in [-0.3, -0.25) is 0 Å². The van der Waals surface area contributed by atoms with Crippen LogP contribution in [0, 0.1) is 0 Å². The van der Waals surface area contributed by atoms with E-state index in [0.717, 1.165) is 0 Å². The molecular formula is C12H16BrN3O6. The van der Waals surface area contributed by atoms with Gasteiger partial charge in [-0.25, -0.2) is 9.59 Å². The predicted octanol–water partition coefficient (Wildman–Crippen LogP) is 2.68. The standard InChI is InChI=1S/C12H16BrN3O6/c1-12(2,3)22-11(19)16(10(17)18)9-14-7(20-4)6(13)8(15-9)21-5/h1-5H3,(H,17,18). The molecule has 0 saturated carbocycles. The Labute approximate surface area is 135 Å². The number of carbonyl (C=O) groups is 2. The van der Waals surface area contributed by atoms with Gasteiger partial charge in [-0.1, -0.05) is 0 Å². The average Bonchev–Trinajstić information content (AvgIpc) is 2.37. The minimum atomic E-state index is -1.60. The van der Waals surface area contributed by atoms with Crippen LogP contribution >= 0.6 is 15.9 Å². The summed E-state index contributed by atoms with van der Waals surface area (Å²) in [4.78, 5) is 31.4. The lowest BCUT2D eigenvalue weighted by molar-refractivity contribution is 0.0579. The number of imide groups is 1. The number of halogens is 1. The van der Waals surface area contributed by atoms with E-state index in [-0.39, 0.29) is 21.1 Å². The van der Waals surface area contributed by atoms with Crippen molar-refractivity contribution in [1.29, 1.82) is 0 Å². The Hall–Kier alpha value is -2.10. The third kappa shape index (κ3) is 4.20. The minimum absolute atomic E-state index is 0.0108. The van der Waals surface area contributed by atoms with Crippen molar-refractivity contribution < 1.29 is 28.9 Å². The number of aromatic nitrogens is 2. The Balaban J connectivity index is 3.33. The Morgan fingerprint density at radius 2 is 1.59 bits per heavy atom. The molecule has 0 spiro atoms. The van der Waals surface area contributed by atoms with Crippen molar-refractivity contribution in [2.75, 3.05) is 19.1 Å². The lowest BCUT2D eigenvalue weighted by Crippen LogP contribution is -2.41. The van der Waals surface area contributed by atoms with Crippen molar-refractivity contribution in [2.24, 2.45) is 0 Å². The molecule has 0 unspecified atom stereocenters. The van der Waals surface area contributed by atoms with Gasteiger partial charge in [0, 0.05) is 0 Å². The Kier molecular flexibility index (Phi) is 5.53. The minimum Gasteiger partial charge on any atom is -0.480 e. The highest BCUT2D eigenvalue weighted by atomic mass is 79.9. The van der Waals surface area contributed by atoms with Gasteiger partial charge in [0.25, 0.3) is 5.95 Å². The first kappa shape index (κ1) is 18.0. The number of anilines is 1. The lowest BCUT2D eigenvalue weighted by Gasteiger charge is -2.23. The van der Waals surface area contributed by atoms with Crippen LogP contribution in [-0.4, -0.2) is 47.1 Å². The number of rotatable bonds is 3. The Morgan fingerprint density at radius 3 is 1.91 bits per heavy atom. The van der Waals surface area contributed by atoms with Gasteiger partial charge >= 0.3 is 12.2 Å². The summed E-state index contributed by atoms with van der Waals surface area (Å²) in [5, 5.41) is 9.24. The summed E-state index contributed by atoms with van der Waals surface area (Å²) in [7, 11) is 2.66. The van der Waals surface area contributed by atoms with E-state index < -0.39 is 23.7 Å². The average molecular weight is 378 g/mol. The summed E-state index contributed by atoms with van der Waals surface area (Å²) in [6.45, 7) is 4.82. The van der Waals surface area contributed by atoms with Crippen LogP contribution in [0.4, 0.5) is 15.5 Å². The zero-order chi connectivity index (χ0) is 17.1. The van der Waals surface area contributed by atoms with E-state index in [1.165, 1.54) is 14.2 Å². The van der Waals surface area contributed by atoms with Gasteiger partial charge in [0.05, 0.1) is 14.2 Å². The maximum Gasteiger partial charge on any atom is 0.427 e. The number of nitrogens with zero attached hydrogens (tertiary/aromatic N) is 3. The summed E-state index contributed by atoms with van der Waals surface area (Å²) in [6, 6.07) is 0. The largest absolute Gasteiger partial charge is 0.480 e. The number of carboxylic acid groups (broad SMARTS) is 1. The maximum atomic E-state index is 12.0. The number of methoxy groups -OCH3 is 2.